The standard InChI is InChI=1S/C42H54N4O2/c1-39(2,3)29-17-27(37(47)31(21-29)41(7,8)9)23-45-35-15-13-25(19-33(35)43)26-14-16-36(34(44)20-26)46-24-28-18-30(40(4,5)6)22-32(38(28)48)42(10,11)12/h13-24,47-48H,43-44H2,1-12H3. The minimum atomic E-state index is -0.230. The van der Waals surface area contributed by atoms with Gasteiger partial charge in [0.1, 0.15) is 11.5 Å². The summed E-state index contributed by atoms with van der Waals surface area (Å²) in [5.41, 5.74) is 21.7. The van der Waals surface area contributed by atoms with Crippen molar-refractivity contribution < 1.29 is 10.2 Å². The van der Waals surface area contributed by atoms with E-state index in [-0.39, 0.29) is 33.2 Å². The number of rotatable bonds is 5. The summed E-state index contributed by atoms with van der Waals surface area (Å²) >= 11 is 0. The zero-order valence-electron chi connectivity index (χ0n) is 30.9. The Morgan fingerprint density at radius 2 is 0.812 bits per heavy atom. The number of aliphatic imine (C=N–C) groups is 2. The summed E-state index contributed by atoms with van der Waals surface area (Å²) < 4.78 is 0. The lowest BCUT2D eigenvalue weighted by molar-refractivity contribution is 0.443. The molecule has 6 nitrogen and oxygen atoms in total. The first-order valence-electron chi connectivity index (χ1n) is 16.6. The molecule has 0 radical (unpaired) electrons. The van der Waals surface area contributed by atoms with Crippen molar-refractivity contribution >= 4 is 35.2 Å². The first-order chi connectivity index (χ1) is 22.0. The predicted octanol–water partition coefficient (Wildman–Crippen LogP) is 10.6. The predicted molar refractivity (Wildman–Crippen MR) is 206 cm³/mol. The molecule has 4 aromatic carbocycles. The number of hydrogen-bond acceptors (Lipinski definition) is 6. The highest BCUT2D eigenvalue weighted by atomic mass is 16.3. The summed E-state index contributed by atoms with van der Waals surface area (Å²) in [6, 6.07) is 19.6. The maximum absolute atomic E-state index is 11.2. The van der Waals surface area contributed by atoms with Gasteiger partial charge in [0.15, 0.2) is 0 Å². The molecule has 4 aromatic rings. The Labute approximate surface area is 287 Å². The summed E-state index contributed by atoms with van der Waals surface area (Å²) in [5, 5.41) is 22.3. The van der Waals surface area contributed by atoms with Crippen molar-refractivity contribution in [3.63, 3.8) is 0 Å². The van der Waals surface area contributed by atoms with Crippen LogP contribution in [0.3, 0.4) is 0 Å². The Kier molecular flexibility index (Phi) is 9.66. The Bertz CT molecular complexity index is 1750. The Morgan fingerprint density at radius 1 is 0.479 bits per heavy atom. The van der Waals surface area contributed by atoms with E-state index in [1.165, 1.54) is 0 Å². The molecule has 0 aliphatic carbocycles. The van der Waals surface area contributed by atoms with Crippen molar-refractivity contribution in [2.24, 2.45) is 9.98 Å². The molecular formula is C42H54N4O2. The van der Waals surface area contributed by atoms with Gasteiger partial charge in [-0.2, -0.15) is 0 Å². The van der Waals surface area contributed by atoms with E-state index >= 15 is 0 Å². The largest absolute Gasteiger partial charge is 0.507 e. The van der Waals surface area contributed by atoms with Crippen LogP contribution in [0.4, 0.5) is 22.7 Å². The lowest BCUT2D eigenvalue weighted by Gasteiger charge is -2.27. The average molecular weight is 647 g/mol. The van der Waals surface area contributed by atoms with E-state index in [0.29, 0.717) is 33.9 Å². The highest BCUT2D eigenvalue weighted by Gasteiger charge is 2.26. The van der Waals surface area contributed by atoms with E-state index < -0.39 is 0 Å². The Hall–Kier alpha value is -4.58. The highest BCUT2D eigenvalue weighted by molar-refractivity contribution is 5.90. The minimum Gasteiger partial charge on any atom is -0.507 e. The van der Waals surface area contributed by atoms with Crippen LogP contribution >= 0.6 is 0 Å². The summed E-state index contributed by atoms with van der Waals surface area (Å²) in [5.74, 6) is 0.471. The third-order valence-corrected chi connectivity index (χ3v) is 8.70. The number of anilines is 2. The smallest absolute Gasteiger partial charge is 0.128 e. The highest BCUT2D eigenvalue weighted by Crippen LogP contribution is 2.40. The Balaban J connectivity index is 1.63. The molecule has 4 rings (SSSR count). The van der Waals surface area contributed by atoms with Crippen molar-refractivity contribution in [3.8, 4) is 22.6 Å². The quantitative estimate of drug-likeness (QED) is 0.127. The van der Waals surface area contributed by atoms with Crippen LogP contribution in [0.5, 0.6) is 11.5 Å². The second-order valence-corrected chi connectivity index (χ2v) is 17.0. The number of phenolic OH excluding ortho intramolecular Hbond substituents is 2. The van der Waals surface area contributed by atoms with Gasteiger partial charge in [-0.25, -0.2) is 0 Å². The van der Waals surface area contributed by atoms with Gasteiger partial charge in [-0.1, -0.05) is 107 Å². The first kappa shape index (κ1) is 36.3. The van der Waals surface area contributed by atoms with Crippen LogP contribution in [0.25, 0.3) is 11.1 Å². The van der Waals surface area contributed by atoms with E-state index in [1.807, 2.05) is 48.5 Å². The third-order valence-electron chi connectivity index (χ3n) is 8.70. The van der Waals surface area contributed by atoms with Crippen LogP contribution in [-0.4, -0.2) is 22.6 Å². The van der Waals surface area contributed by atoms with Crippen LogP contribution < -0.4 is 11.5 Å². The van der Waals surface area contributed by atoms with Crippen molar-refractivity contribution in [2.45, 2.75) is 105 Å². The molecular weight excluding hydrogens is 592 g/mol. The van der Waals surface area contributed by atoms with Crippen LogP contribution in [0, 0.1) is 0 Å². The summed E-state index contributed by atoms with van der Waals surface area (Å²) in [6.45, 7) is 25.5. The molecule has 6 heteroatoms. The summed E-state index contributed by atoms with van der Waals surface area (Å²) in [6.07, 6.45) is 3.38. The van der Waals surface area contributed by atoms with Crippen molar-refractivity contribution in [1.29, 1.82) is 0 Å². The molecule has 0 heterocycles. The van der Waals surface area contributed by atoms with Gasteiger partial charge in [0, 0.05) is 34.7 Å². The van der Waals surface area contributed by atoms with Crippen LogP contribution in [0.1, 0.15) is 116 Å². The topological polar surface area (TPSA) is 117 Å². The molecule has 0 aliphatic heterocycles. The molecule has 6 N–H and O–H groups in total. The van der Waals surface area contributed by atoms with Gasteiger partial charge < -0.3 is 21.7 Å². The SMILES string of the molecule is CC(C)(C)c1cc(C=Nc2ccc(-c3ccc(N=Cc4cc(C(C)(C)C)cc(C(C)(C)C)c4O)c(N)c3)cc2N)c(O)c(C(C)(C)C)c1. The fraction of sp³-hybridized carbons (Fsp3) is 0.381. The fourth-order valence-electron chi connectivity index (χ4n) is 5.50. The zero-order chi connectivity index (χ0) is 36.0. The molecule has 0 fully saturated rings. The van der Waals surface area contributed by atoms with Gasteiger partial charge in [-0.05, 0) is 80.3 Å². The Morgan fingerprint density at radius 3 is 1.08 bits per heavy atom. The molecule has 0 aliphatic rings. The number of phenols is 2. The van der Waals surface area contributed by atoms with E-state index in [2.05, 4.69) is 105 Å². The monoisotopic (exact) mass is 646 g/mol. The molecule has 0 saturated heterocycles. The van der Waals surface area contributed by atoms with Gasteiger partial charge in [-0.15, -0.1) is 0 Å². The second-order valence-electron chi connectivity index (χ2n) is 17.0. The zero-order valence-corrected chi connectivity index (χ0v) is 30.9. The number of nitrogen functional groups attached to an aromatic ring is 2. The van der Waals surface area contributed by atoms with Gasteiger partial charge in [0.2, 0.25) is 0 Å². The molecule has 0 aromatic heterocycles. The lowest BCUT2D eigenvalue weighted by atomic mass is 9.79. The molecule has 0 bridgehead atoms. The molecule has 0 spiro atoms. The number of aromatic hydroxyl groups is 2. The van der Waals surface area contributed by atoms with Crippen LogP contribution in [-0.2, 0) is 21.7 Å². The second kappa shape index (κ2) is 12.8. The average Bonchev–Trinajstić information content (AvgIpc) is 2.94. The van der Waals surface area contributed by atoms with Gasteiger partial charge >= 0.3 is 0 Å². The number of nitrogens with two attached hydrogens (primary N) is 2. The first-order valence-corrected chi connectivity index (χ1v) is 16.6. The van der Waals surface area contributed by atoms with E-state index in [0.717, 1.165) is 33.4 Å². The number of nitrogens with zero attached hydrogens (tertiary/aromatic N) is 2. The van der Waals surface area contributed by atoms with Gasteiger partial charge in [0.05, 0.1) is 22.7 Å². The van der Waals surface area contributed by atoms with Gasteiger partial charge in [0.25, 0.3) is 0 Å². The van der Waals surface area contributed by atoms with Crippen molar-refractivity contribution in [2.75, 3.05) is 11.5 Å². The van der Waals surface area contributed by atoms with Gasteiger partial charge in [-0.3, -0.25) is 9.98 Å². The molecule has 0 saturated carbocycles. The fourth-order valence-corrected chi connectivity index (χ4v) is 5.50. The lowest BCUT2D eigenvalue weighted by Crippen LogP contribution is -2.17. The molecule has 48 heavy (non-hydrogen) atoms. The summed E-state index contributed by atoms with van der Waals surface area (Å²) in [4.78, 5) is 9.36. The van der Waals surface area contributed by atoms with Crippen LogP contribution in [0.15, 0.2) is 70.6 Å². The van der Waals surface area contributed by atoms with Crippen molar-refractivity contribution in [3.05, 3.63) is 94.0 Å². The molecule has 0 atom stereocenters. The maximum Gasteiger partial charge on any atom is 0.128 e. The van der Waals surface area contributed by atoms with Crippen molar-refractivity contribution in [1.82, 2.24) is 0 Å². The minimum absolute atomic E-state index is 0.0887. The third kappa shape index (κ3) is 8.10. The van der Waals surface area contributed by atoms with E-state index in [9.17, 15) is 10.2 Å². The number of hydrogen-bond donors (Lipinski definition) is 4. The molecule has 0 amide bonds. The van der Waals surface area contributed by atoms with E-state index in [4.69, 9.17) is 11.5 Å². The normalized spacial score (nSPS) is 13.2. The maximum atomic E-state index is 11.2. The van der Waals surface area contributed by atoms with E-state index in [1.54, 1.807) is 12.4 Å². The summed E-state index contributed by atoms with van der Waals surface area (Å²) in [7, 11) is 0. The number of benzene rings is 4. The molecule has 0 unspecified atom stereocenters. The van der Waals surface area contributed by atoms with Crippen LogP contribution in [0.2, 0.25) is 0 Å². The molecule has 254 valence electrons.